The highest BCUT2D eigenvalue weighted by Crippen LogP contribution is 2.05. The van der Waals surface area contributed by atoms with E-state index in [0.717, 1.165) is 0 Å². The summed E-state index contributed by atoms with van der Waals surface area (Å²) in [6, 6.07) is 0. The Kier molecular flexibility index (Phi) is 4.23. The number of rotatable bonds is 3. The smallest absolute Gasteiger partial charge is 0.0676 e. The zero-order valence-corrected chi connectivity index (χ0v) is 5.60. The van der Waals surface area contributed by atoms with Crippen molar-refractivity contribution in [3.63, 3.8) is 0 Å². The summed E-state index contributed by atoms with van der Waals surface area (Å²) in [5, 5.41) is 16.7. The van der Waals surface area contributed by atoms with E-state index in [1.807, 2.05) is 0 Å². The molecule has 2 nitrogen and oxygen atoms in total. The Hall–Kier alpha value is 0.210. The number of halogens is 1. The molecule has 0 radical (unpaired) electrons. The highest BCUT2D eigenvalue weighted by atomic mass is 35.5. The topological polar surface area (TPSA) is 40.5 Å². The number of alkyl halides is 1. The Morgan fingerprint density at radius 2 is 2.12 bits per heavy atom. The van der Waals surface area contributed by atoms with Crippen molar-refractivity contribution in [3.8, 4) is 0 Å². The van der Waals surface area contributed by atoms with Gasteiger partial charge in [-0.3, -0.25) is 0 Å². The van der Waals surface area contributed by atoms with Gasteiger partial charge >= 0.3 is 0 Å². The number of aliphatic hydroxyl groups is 2. The Balaban J connectivity index is 3.17. The normalized spacial score (nSPS) is 18.0. The second kappa shape index (κ2) is 4.13. The van der Waals surface area contributed by atoms with Gasteiger partial charge in [-0.15, -0.1) is 11.6 Å². The highest BCUT2D eigenvalue weighted by molar-refractivity contribution is 6.20. The Morgan fingerprint density at radius 3 is 2.25 bits per heavy atom. The van der Waals surface area contributed by atoms with E-state index in [2.05, 4.69) is 0 Å². The van der Waals surface area contributed by atoms with Crippen molar-refractivity contribution in [1.82, 2.24) is 0 Å². The fourth-order valence-electron chi connectivity index (χ4n) is 0.365. The maximum Gasteiger partial charge on any atom is 0.0676 e. The van der Waals surface area contributed by atoms with Crippen LogP contribution in [0.1, 0.15) is 13.3 Å². The minimum absolute atomic E-state index is 0.0407. The summed E-state index contributed by atoms with van der Waals surface area (Å²) >= 11 is 5.51. The zero-order valence-electron chi connectivity index (χ0n) is 4.84. The van der Waals surface area contributed by atoms with E-state index in [1.54, 1.807) is 6.92 Å². The van der Waals surface area contributed by atoms with Gasteiger partial charge in [-0.1, -0.05) is 0 Å². The van der Waals surface area contributed by atoms with Crippen LogP contribution in [0.15, 0.2) is 0 Å². The van der Waals surface area contributed by atoms with Gasteiger partial charge in [0, 0.05) is 6.61 Å². The van der Waals surface area contributed by atoms with Crippen LogP contribution in [0, 0.1) is 0 Å². The van der Waals surface area contributed by atoms with E-state index in [9.17, 15) is 0 Å². The molecule has 0 bridgehead atoms. The first kappa shape index (κ1) is 8.21. The molecule has 0 saturated heterocycles. The van der Waals surface area contributed by atoms with E-state index in [1.165, 1.54) is 0 Å². The summed E-state index contributed by atoms with van der Waals surface area (Å²) in [6.45, 7) is 1.65. The molecule has 0 heterocycles. The zero-order chi connectivity index (χ0) is 6.57. The quantitative estimate of drug-likeness (QED) is 0.553. The molecule has 0 aliphatic heterocycles. The molecule has 0 spiro atoms. The van der Waals surface area contributed by atoms with Crippen LogP contribution >= 0.6 is 11.6 Å². The fraction of sp³-hybridized carbons (Fsp3) is 1.00. The Morgan fingerprint density at radius 1 is 1.62 bits per heavy atom. The molecule has 0 amide bonds. The summed E-state index contributed by atoms with van der Waals surface area (Å²) < 4.78 is 0. The van der Waals surface area contributed by atoms with Gasteiger partial charge in [0.15, 0.2) is 0 Å². The molecular formula is C5H11ClO2. The largest absolute Gasteiger partial charge is 0.396 e. The van der Waals surface area contributed by atoms with E-state index >= 15 is 0 Å². The average Bonchev–Trinajstić information content (AvgIpc) is 1.67. The summed E-state index contributed by atoms with van der Waals surface area (Å²) in [6.07, 6.45) is -0.0667. The first-order chi connectivity index (χ1) is 3.68. The number of hydrogen-bond donors (Lipinski definition) is 2. The van der Waals surface area contributed by atoms with Crippen LogP contribution in [0.4, 0.5) is 0 Å². The number of aliphatic hydroxyl groups excluding tert-OH is 2. The van der Waals surface area contributed by atoms with Crippen LogP contribution in [-0.4, -0.2) is 28.3 Å². The van der Waals surface area contributed by atoms with Gasteiger partial charge in [0.2, 0.25) is 0 Å². The standard InChI is InChI=1S/C5H11ClO2/c1-4(8)5(6)2-3-7/h4-5,7-8H,2-3H2,1H3. The molecule has 0 fully saturated rings. The SMILES string of the molecule is CC(O)C(Cl)CCO. The summed E-state index contributed by atoms with van der Waals surface area (Å²) in [5.74, 6) is 0. The minimum Gasteiger partial charge on any atom is -0.396 e. The van der Waals surface area contributed by atoms with E-state index < -0.39 is 6.10 Å². The van der Waals surface area contributed by atoms with Gasteiger partial charge in [0.05, 0.1) is 11.5 Å². The lowest BCUT2D eigenvalue weighted by Gasteiger charge is -2.08. The third kappa shape index (κ3) is 3.24. The first-order valence-electron chi connectivity index (χ1n) is 2.61. The molecule has 0 aliphatic carbocycles. The molecular weight excluding hydrogens is 128 g/mol. The van der Waals surface area contributed by atoms with Crippen molar-refractivity contribution in [3.05, 3.63) is 0 Å². The molecule has 3 heteroatoms. The van der Waals surface area contributed by atoms with Crippen molar-refractivity contribution >= 4 is 11.6 Å². The molecule has 2 N–H and O–H groups in total. The van der Waals surface area contributed by atoms with Crippen molar-refractivity contribution < 1.29 is 10.2 Å². The predicted molar refractivity (Wildman–Crippen MR) is 33.0 cm³/mol. The second-order valence-electron chi connectivity index (χ2n) is 1.77. The maximum atomic E-state index is 8.71. The molecule has 0 aromatic rings. The van der Waals surface area contributed by atoms with E-state index in [0.29, 0.717) is 6.42 Å². The summed E-state index contributed by atoms with van der Waals surface area (Å²) in [5.41, 5.74) is 0. The third-order valence-corrected chi connectivity index (χ3v) is 1.51. The van der Waals surface area contributed by atoms with Gasteiger partial charge in [-0.2, -0.15) is 0 Å². The molecule has 0 aliphatic rings. The van der Waals surface area contributed by atoms with Crippen molar-refractivity contribution in [2.45, 2.75) is 24.8 Å². The Bertz CT molecular complexity index is 56.4. The lowest BCUT2D eigenvalue weighted by Crippen LogP contribution is -2.17. The van der Waals surface area contributed by atoms with Crippen LogP contribution in [-0.2, 0) is 0 Å². The lowest BCUT2D eigenvalue weighted by molar-refractivity contribution is 0.171. The molecule has 0 saturated carbocycles. The predicted octanol–water partition coefficient (Wildman–Crippen LogP) is 0.357. The first-order valence-corrected chi connectivity index (χ1v) is 3.05. The van der Waals surface area contributed by atoms with Crippen LogP contribution in [0.2, 0.25) is 0 Å². The monoisotopic (exact) mass is 138 g/mol. The van der Waals surface area contributed by atoms with Crippen LogP contribution < -0.4 is 0 Å². The molecule has 0 rings (SSSR count). The van der Waals surface area contributed by atoms with Crippen LogP contribution in [0.3, 0.4) is 0 Å². The maximum absolute atomic E-state index is 8.71. The molecule has 8 heavy (non-hydrogen) atoms. The average molecular weight is 139 g/mol. The minimum atomic E-state index is -0.524. The summed E-state index contributed by atoms with van der Waals surface area (Å²) in [4.78, 5) is 0. The van der Waals surface area contributed by atoms with E-state index in [4.69, 9.17) is 21.8 Å². The fourth-order valence-corrected chi connectivity index (χ4v) is 0.462. The third-order valence-electron chi connectivity index (χ3n) is 0.928. The molecule has 0 aromatic heterocycles. The van der Waals surface area contributed by atoms with Crippen molar-refractivity contribution in [1.29, 1.82) is 0 Å². The summed E-state index contributed by atoms with van der Waals surface area (Å²) in [7, 11) is 0. The van der Waals surface area contributed by atoms with Crippen LogP contribution in [0.5, 0.6) is 0 Å². The van der Waals surface area contributed by atoms with Gasteiger partial charge in [-0.05, 0) is 13.3 Å². The van der Waals surface area contributed by atoms with Crippen LogP contribution in [0.25, 0.3) is 0 Å². The van der Waals surface area contributed by atoms with Gasteiger partial charge < -0.3 is 10.2 Å². The molecule has 50 valence electrons. The molecule has 2 atom stereocenters. The van der Waals surface area contributed by atoms with Gasteiger partial charge in [0.25, 0.3) is 0 Å². The van der Waals surface area contributed by atoms with Gasteiger partial charge in [0.1, 0.15) is 0 Å². The number of hydrogen-bond acceptors (Lipinski definition) is 2. The van der Waals surface area contributed by atoms with Crippen molar-refractivity contribution in [2.24, 2.45) is 0 Å². The van der Waals surface area contributed by atoms with Gasteiger partial charge in [-0.25, -0.2) is 0 Å². The Labute approximate surface area is 54.1 Å². The molecule has 0 aromatic carbocycles. The highest BCUT2D eigenvalue weighted by Gasteiger charge is 2.08. The van der Waals surface area contributed by atoms with Crippen molar-refractivity contribution in [2.75, 3.05) is 6.61 Å². The van der Waals surface area contributed by atoms with E-state index in [-0.39, 0.29) is 12.0 Å². The second-order valence-corrected chi connectivity index (χ2v) is 2.33. The lowest BCUT2D eigenvalue weighted by atomic mass is 10.2. The molecule has 2 unspecified atom stereocenters.